The van der Waals surface area contributed by atoms with Crippen LogP contribution in [0.15, 0.2) is 18.2 Å². The second-order valence-electron chi connectivity index (χ2n) is 4.54. The molecular weight excluding hydrogens is 269 g/mol. The highest BCUT2D eigenvalue weighted by atomic mass is 19.1. The number of amides is 1. The van der Waals surface area contributed by atoms with Crippen LogP contribution in [0.5, 0.6) is 0 Å². The van der Waals surface area contributed by atoms with Gasteiger partial charge in [-0.25, -0.2) is 0 Å². The van der Waals surface area contributed by atoms with Crippen LogP contribution in [0.4, 0.5) is 14.9 Å². The number of nitro benzene ring substituents is 1. The van der Waals surface area contributed by atoms with Crippen molar-refractivity contribution in [3.8, 4) is 0 Å². The lowest BCUT2D eigenvalue weighted by atomic mass is 10.1. The van der Waals surface area contributed by atoms with Gasteiger partial charge in [0.1, 0.15) is 6.09 Å². The fourth-order valence-corrected chi connectivity index (χ4v) is 2.16. The average molecular weight is 282 g/mol. The molecule has 1 fully saturated rings. The monoisotopic (exact) mass is 282 g/mol. The number of hydrogen-bond donors (Lipinski definition) is 0. The summed E-state index contributed by atoms with van der Waals surface area (Å²) < 4.78 is 13.9. The van der Waals surface area contributed by atoms with Crippen molar-refractivity contribution in [1.82, 2.24) is 9.80 Å². The molecule has 0 aliphatic carbocycles. The van der Waals surface area contributed by atoms with Crippen LogP contribution in [0.1, 0.15) is 5.56 Å². The number of rotatable bonds is 3. The van der Waals surface area contributed by atoms with Crippen LogP contribution < -0.4 is 5.11 Å². The summed E-state index contributed by atoms with van der Waals surface area (Å²) in [6.45, 7) is 1.68. The zero-order valence-electron chi connectivity index (χ0n) is 10.6. The molecule has 0 N–H and O–H groups in total. The number of piperazine rings is 1. The number of halogens is 1. The first-order valence-corrected chi connectivity index (χ1v) is 6.09. The smallest absolute Gasteiger partial charge is 0.305 e. The molecule has 0 aromatic heterocycles. The summed E-state index contributed by atoms with van der Waals surface area (Å²) in [6.07, 6.45) is -1.22. The molecule has 1 aromatic carbocycles. The van der Waals surface area contributed by atoms with Gasteiger partial charge in [-0.2, -0.15) is 4.39 Å². The first-order valence-electron chi connectivity index (χ1n) is 6.09. The molecule has 1 aliphatic rings. The van der Waals surface area contributed by atoms with Crippen molar-refractivity contribution in [2.45, 2.75) is 6.54 Å². The first-order chi connectivity index (χ1) is 9.49. The minimum Gasteiger partial charge on any atom is -0.530 e. The van der Waals surface area contributed by atoms with E-state index in [9.17, 15) is 24.4 Å². The van der Waals surface area contributed by atoms with Crippen LogP contribution in [-0.4, -0.2) is 47.0 Å². The molecule has 108 valence electrons. The Balaban J connectivity index is 2.03. The van der Waals surface area contributed by atoms with Crippen molar-refractivity contribution in [3.05, 3.63) is 39.7 Å². The molecule has 1 amide bonds. The Morgan fingerprint density at radius 1 is 1.30 bits per heavy atom. The Morgan fingerprint density at radius 2 is 1.95 bits per heavy atom. The highest BCUT2D eigenvalue weighted by molar-refractivity contribution is 5.62. The van der Waals surface area contributed by atoms with Gasteiger partial charge in [0, 0.05) is 44.4 Å². The summed E-state index contributed by atoms with van der Waals surface area (Å²) in [4.78, 5) is 23.6. The van der Waals surface area contributed by atoms with Gasteiger partial charge in [-0.05, 0) is 0 Å². The van der Waals surface area contributed by atoms with E-state index in [1.165, 1.54) is 17.0 Å². The number of nitro groups is 1. The molecule has 1 heterocycles. The normalized spacial score (nSPS) is 16.1. The maximum atomic E-state index is 13.9. The zero-order valence-corrected chi connectivity index (χ0v) is 10.6. The number of benzene rings is 1. The van der Waals surface area contributed by atoms with Gasteiger partial charge in [-0.15, -0.1) is 0 Å². The van der Waals surface area contributed by atoms with Crippen LogP contribution in [-0.2, 0) is 6.54 Å². The molecule has 1 aliphatic heterocycles. The van der Waals surface area contributed by atoms with E-state index >= 15 is 0 Å². The third-order valence-electron chi connectivity index (χ3n) is 3.28. The van der Waals surface area contributed by atoms with Gasteiger partial charge >= 0.3 is 5.69 Å². The Bertz CT molecular complexity index is 529. The lowest BCUT2D eigenvalue weighted by molar-refractivity contribution is -0.387. The zero-order chi connectivity index (χ0) is 14.7. The predicted octanol–water partition coefficient (Wildman–Crippen LogP) is 0.195. The summed E-state index contributed by atoms with van der Waals surface area (Å²) in [6, 6.07) is 4.05. The van der Waals surface area contributed by atoms with Crippen LogP contribution in [0, 0.1) is 15.9 Å². The largest absolute Gasteiger partial charge is 0.530 e. The van der Waals surface area contributed by atoms with Crippen molar-refractivity contribution in [3.63, 3.8) is 0 Å². The van der Waals surface area contributed by atoms with Crippen molar-refractivity contribution in [2.24, 2.45) is 0 Å². The SMILES string of the molecule is O=C([O-])N1CCN(Cc2cccc([N+](=O)[O-])c2F)CC1. The molecule has 0 spiro atoms. The Morgan fingerprint density at radius 3 is 2.50 bits per heavy atom. The van der Waals surface area contributed by atoms with Crippen molar-refractivity contribution < 1.29 is 19.2 Å². The quantitative estimate of drug-likeness (QED) is 0.583. The number of nitrogens with zero attached hydrogens (tertiary/aromatic N) is 3. The molecule has 0 saturated carbocycles. The first kappa shape index (κ1) is 14.2. The highest BCUT2D eigenvalue weighted by Crippen LogP contribution is 2.21. The fraction of sp³-hybridized carbons (Fsp3) is 0.417. The average Bonchev–Trinajstić information content (AvgIpc) is 2.41. The van der Waals surface area contributed by atoms with E-state index in [2.05, 4.69) is 0 Å². The number of carbonyl (C=O) groups excluding carboxylic acids is 1. The number of carboxylic acid groups (broad SMARTS) is 1. The number of hydrogen-bond acceptors (Lipinski definition) is 5. The van der Waals surface area contributed by atoms with Gasteiger partial charge in [0.15, 0.2) is 0 Å². The molecule has 0 bridgehead atoms. The number of carbonyl (C=O) groups is 1. The summed E-state index contributed by atoms with van der Waals surface area (Å²) in [5, 5.41) is 21.3. The van der Waals surface area contributed by atoms with E-state index < -0.39 is 22.5 Å². The third kappa shape index (κ3) is 3.02. The molecule has 2 rings (SSSR count). The van der Waals surface area contributed by atoms with Gasteiger partial charge in [-0.3, -0.25) is 15.0 Å². The van der Waals surface area contributed by atoms with Crippen LogP contribution >= 0.6 is 0 Å². The van der Waals surface area contributed by atoms with Crippen molar-refractivity contribution >= 4 is 11.8 Å². The van der Waals surface area contributed by atoms with E-state index in [0.717, 1.165) is 6.07 Å². The lowest BCUT2D eigenvalue weighted by Gasteiger charge is -2.36. The summed E-state index contributed by atoms with van der Waals surface area (Å²) in [5.41, 5.74) is -0.308. The van der Waals surface area contributed by atoms with Gasteiger partial charge in [0.2, 0.25) is 5.82 Å². The molecule has 1 saturated heterocycles. The summed E-state index contributed by atoms with van der Waals surface area (Å²) in [7, 11) is 0. The Kier molecular flexibility index (Phi) is 4.14. The maximum absolute atomic E-state index is 13.9. The molecule has 0 radical (unpaired) electrons. The molecule has 7 nitrogen and oxygen atoms in total. The van der Waals surface area contributed by atoms with Crippen LogP contribution in [0.3, 0.4) is 0 Å². The van der Waals surface area contributed by atoms with Gasteiger partial charge in [0.05, 0.1) is 4.92 Å². The Hall–Kier alpha value is -2.22. The molecule has 8 heteroatoms. The standard InChI is InChI=1S/C12H14FN3O4/c13-11-9(2-1-3-10(11)16(19)20)8-14-4-6-15(7-5-14)12(17)18/h1-3H,4-8H2,(H,17,18)/p-1. The minimum atomic E-state index is -1.22. The van der Waals surface area contributed by atoms with E-state index in [0.29, 0.717) is 26.2 Å². The van der Waals surface area contributed by atoms with E-state index in [4.69, 9.17) is 0 Å². The summed E-state index contributed by atoms with van der Waals surface area (Å²) in [5.74, 6) is -0.833. The third-order valence-corrected chi connectivity index (χ3v) is 3.28. The maximum Gasteiger partial charge on any atom is 0.305 e. The Labute approximate surface area is 114 Å². The summed E-state index contributed by atoms with van der Waals surface area (Å²) >= 11 is 0. The van der Waals surface area contributed by atoms with Gasteiger partial charge in [0.25, 0.3) is 0 Å². The molecular formula is C12H13FN3O4-. The molecule has 20 heavy (non-hydrogen) atoms. The highest BCUT2D eigenvalue weighted by Gasteiger charge is 2.21. The van der Waals surface area contributed by atoms with Gasteiger partial charge < -0.3 is 14.8 Å². The topological polar surface area (TPSA) is 89.8 Å². The second-order valence-corrected chi connectivity index (χ2v) is 4.54. The van der Waals surface area contributed by atoms with Crippen LogP contribution in [0.2, 0.25) is 0 Å². The molecule has 0 atom stereocenters. The predicted molar refractivity (Wildman–Crippen MR) is 65.3 cm³/mol. The molecule has 1 aromatic rings. The van der Waals surface area contributed by atoms with E-state index in [-0.39, 0.29) is 12.1 Å². The minimum absolute atomic E-state index is 0.217. The van der Waals surface area contributed by atoms with Crippen molar-refractivity contribution in [1.29, 1.82) is 0 Å². The lowest BCUT2D eigenvalue weighted by Crippen LogP contribution is -2.52. The fourth-order valence-electron chi connectivity index (χ4n) is 2.16. The van der Waals surface area contributed by atoms with Gasteiger partial charge in [-0.1, -0.05) is 12.1 Å². The van der Waals surface area contributed by atoms with Crippen LogP contribution in [0.25, 0.3) is 0 Å². The second kappa shape index (κ2) is 5.83. The van der Waals surface area contributed by atoms with Crippen molar-refractivity contribution in [2.75, 3.05) is 26.2 Å². The van der Waals surface area contributed by atoms with E-state index in [1.54, 1.807) is 0 Å². The molecule has 0 unspecified atom stereocenters. The van der Waals surface area contributed by atoms with E-state index in [1.807, 2.05) is 4.90 Å².